The SMILES string of the molecule is CNC(=O)CCNC1CCOC2(CCSC2)C1. The van der Waals surface area contributed by atoms with Crippen LogP contribution < -0.4 is 10.6 Å². The largest absolute Gasteiger partial charge is 0.374 e. The molecule has 2 fully saturated rings. The Hall–Kier alpha value is -0.260. The van der Waals surface area contributed by atoms with Gasteiger partial charge in [0.25, 0.3) is 0 Å². The van der Waals surface area contributed by atoms with Gasteiger partial charge in [-0.1, -0.05) is 0 Å². The highest BCUT2D eigenvalue weighted by Gasteiger charge is 2.40. The minimum atomic E-state index is 0.107. The van der Waals surface area contributed by atoms with Crippen LogP contribution in [0.4, 0.5) is 0 Å². The third-order valence-corrected chi connectivity index (χ3v) is 4.85. The number of amides is 1. The average Bonchev–Trinajstić information content (AvgIpc) is 2.77. The molecule has 2 saturated heterocycles. The van der Waals surface area contributed by atoms with Gasteiger partial charge in [-0.05, 0) is 25.0 Å². The summed E-state index contributed by atoms with van der Waals surface area (Å²) in [6, 6.07) is 0.520. The van der Waals surface area contributed by atoms with Gasteiger partial charge in [0.05, 0.1) is 5.60 Å². The van der Waals surface area contributed by atoms with Crippen LogP contribution in [-0.2, 0) is 9.53 Å². The van der Waals surface area contributed by atoms with E-state index in [-0.39, 0.29) is 11.5 Å². The molecule has 0 aromatic heterocycles. The molecule has 2 rings (SSSR count). The summed E-state index contributed by atoms with van der Waals surface area (Å²) < 4.78 is 5.97. The number of carbonyl (C=O) groups is 1. The highest BCUT2D eigenvalue weighted by Crippen LogP contribution is 2.38. The fourth-order valence-corrected chi connectivity index (χ4v) is 3.96. The average molecular weight is 258 g/mol. The first kappa shape index (κ1) is 13.2. The summed E-state index contributed by atoms with van der Waals surface area (Å²) >= 11 is 2.00. The van der Waals surface area contributed by atoms with Crippen LogP contribution in [0.15, 0.2) is 0 Å². The Balaban J connectivity index is 1.72. The van der Waals surface area contributed by atoms with Gasteiger partial charge < -0.3 is 15.4 Å². The molecule has 1 amide bonds. The Labute approximate surface area is 107 Å². The molecule has 0 aliphatic carbocycles. The van der Waals surface area contributed by atoms with E-state index in [9.17, 15) is 4.79 Å². The molecular formula is C12H22N2O2S. The molecule has 2 heterocycles. The number of nitrogens with one attached hydrogen (secondary N) is 2. The van der Waals surface area contributed by atoms with E-state index < -0.39 is 0 Å². The van der Waals surface area contributed by atoms with Gasteiger partial charge in [0, 0.05) is 38.4 Å². The van der Waals surface area contributed by atoms with Gasteiger partial charge >= 0.3 is 0 Å². The molecule has 98 valence electrons. The zero-order valence-electron chi connectivity index (χ0n) is 10.5. The maximum atomic E-state index is 11.1. The van der Waals surface area contributed by atoms with E-state index in [2.05, 4.69) is 10.6 Å². The van der Waals surface area contributed by atoms with Crippen molar-refractivity contribution in [2.75, 3.05) is 31.7 Å². The molecular weight excluding hydrogens is 236 g/mol. The van der Waals surface area contributed by atoms with Gasteiger partial charge in [-0.15, -0.1) is 0 Å². The lowest BCUT2D eigenvalue weighted by atomic mass is 9.90. The van der Waals surface area contributed by atoms with E-state index in [1.54, 1.807) is 7.05 Å². The summed E-state index contributed by atoms with van der Waals surface area (Å²) in [5.74, 6) is 2.47. The summed E-state index contributed by atoms with van der Waals surface area (Å²) in [7, 11) is 1.68. The van der Waals surface area contributed by atoms with E-state index in [0.717, 1.165) is 31.7 Å². The predicted octanol–water partition coefficient (Wildman–Crippen LogP) is 0.767. The zero-order chi connectivity index (χ0) is 12.1. The van der Waals surface area contributed by atoms with E-state index in [1.807, 2.05) is 11.8 Å². The summed E-state index contributed by atoms with van der Waals surface area (Å²) in [4.78, 5) is 11.1. The molecule has 4 nitrogen and oxygen atoms in total. The Kier molecular flexibility index (Phi) is 4.70. The van der Waals surface area contributed by atoms with Crippen LogP contribution in [0.3, 0.4) is 0 Å². The molecule has 2 N–H and O–H groups in total. The van der Waals surface area contributed by atoms with E-state index in [0.29, 0.717) is 12.5 Å². The molecule has 2 unspecified atom stereocenters. The van der Waals surface area contributed by atoms with Crippen molar-refractivity contribution in [1.82, 2.24) is 10.6 Å². The normalized spacial score (nSPS) is 32.9. The van der Waals surface area contributed by atoms with Gasteiger partial charge in [0.2, 0.25) is 5.91 Å². The van der Waals surface area contributed by atoms with E-state index in [1.165, 1.54) is 12.2 Å². The Morgan fingerprint density at radius 3 is 3.18 bits per heavy atom. The number of hydrogen-bond acceptors (Lipinski definition) is 4. The minimum Gasteiger partial charge on any atom is -0.374 e. The number of thioether (sulfide) groups is 1. The van der Waals surface area contributed by atoms with Gasteiger partial charge in [0.1, 0.15) is 0 Å². The van der Waals surface area contributed by atoms with Crippen LogP contribution in [0.5, 0.6) is 0 Å². The lowest BCUT2D eigenvalue weighted by molar-refractivity contribution is -0.120. The molecule has 0 aromatic carbocycles. The quantitative estimate of drug-likeness (QED) is 0.782. The Bertz CT molecular complexity index is 267. The third-order valence-electron chi connectivity index (χ3n) is 3.62. The molecule has 5 heteroatoms. The first-order chi connectivity index (χ1) is 8.24. The summed E-state index contributed by atoms with van der Waals surface area (Å²) in [6.45, 7) is 1.63. The molecule has 1 spiro atoms. The minimum absolute atomic E-state index is 0.107. The Morgan fingerprint density at radius 1 is 1.59 bits per heavy atom. The van der Waals surface area contributed by atoms with Crippen molar-refractivity contribution in [3.8, 4) is 0 Å². The fourth-order valence-electron chi connectivity index (χ4n) is 2.58. The number of carbonyl (C=O) groups excluding carboxylic acids is 1. The van der Waals surface area contributed by atoms with Crippen molar-refractivity contribution in [1.29, 1.82) is 0 Å². The second-order valence-corrected chi connectivity index (χ2v) is 6.01. The van der Waals surface area contributed by atoms with Gasteiger partial charge in [-0.3, -0.25) is 4.79 Å². The van der Waals surface area contributed by atoms with E-state index >= 15 is 0 Å². The lowest BCUT2D eigenvalue weighted by Crippen LogP contribution is -2.47. The van der Waals surface area contributed by atoms with Crippen molar-refractivity contribution in [2.45, 2.75) is 37.3 Å². The molecule has 2 aliphatic heterocycles. The van der Waals surface area contributed by atoms with Crippen molar-refractivity contribution in [3.05, 3.63) is 0 Å². The lowest BCUT2D eigenvalue weighted by Gasteiger charge is -2.38. The maximum absolute atomic E-state index is 11.1. The van der Waals surface area contributed by atoms with Crippen LogP contribution in [0.25, 0.3) is 0 Å². The first-order valence-electron chi connectivity index (χ1n) is 6.40. The van der Waals surface area contributed by atoms with E-state index in [4.69, 9.17) is 4.74 Å². The highest BCUT2D eigenvalue weighted by molar-refractivity contribution is 7.99. The van der Waals surface area contributed by atoms with Crippen LogP contribution in [0.2, 0.25) is 0 Å². The summed E-state index contributed by atoms with van der Waals surface area (Å²) in [5, 5.41) is 6.13. The monoisotopic (exact) mass is 258 g/mol. The van der Waals surface area contributed by atoms with Crippen LogP contribution in [-0.4, -0.2) is 49.3 Å². The first-order valence-corrected chi connectivity index (χ1v) is 7.55. The zero-order valence-corrected chi connectivity index (χ0v) is 11.3. The third kappa shape index (κ3) is 3.60. The van der Waals surface area contributed by atoms with Crippen molar-refractivity contribution >= 4 is 17.7 Å². The summed E-state index contributed by atoms with van der Waals surface area (Å²) in [5.41, 5.74) is 0.133. The number of rotatable bonds is 4. The second kappa shape index (κ2) is 6.07. The van der Waals surface area contributed by atoms with Crippen LogP contribution in [0, 0.1) is 0 Å². The van der Waals surface area contributed by atoms with Gasteiger partial charge in [-0.25, -0.2) is 0 Å². The molecule has 0 aromatic rings. The van der Waals surface area contributed by atoms with Crippen molar-refractivity contribution in [3.63, 3.8) is 0 Å². The highest BCUT2D eigenvalue weighted by atomic mass is 32.2. The number of ether oxygens (including phenoxy) is 1. The fraction of sp³-hybridized carbons (Fsp3) is 0.917. The number of hydrogen-bond donors (Lipinski definition) is 2. The standard InChI is InChI=1S/C12H22N2O2S/c1-13-11(15)2-5-14-10-3-6-16-12(8-10)4-7-17-9-12/h10,14H,2-9H2,1H3,(H,13,15). The van der Waals surface area contributed by atoms with Gasteiger partial charge in [-0.2, -0.15) is 11.8 Å². The van der Waals surface area contributed by atoms with Crippen molar-refractivity contribution in [2.24, 2.45) is 0 Å². The second-order valence-electron chi connectivity index (χ2n) is 4.90. The Morgan fingerprint density at radius 2 is 2.47 bits per heavy atom. The molecule has 17 heavy (non-hydrogen) atoms. The van der Waals surface area contributed by atoms with Crippen LogP contribution >= 0.6 is 11.8 Å². The van der Waals surface area contributed by atoms with Gasteiger partial charge in [0.15, 0.2) is 0 Å². The van der Waals surface area contributed by atoms with Crippen molar-refractivity contribution < 1.29 is 9.53 Å². The maximum Gasteiger partial charge on any atom is 0.221 e. The molecule has 0 bridgehead atoms. The molecule has 0 saturated carbocycles. The van der Waals surface area contributed by atoms with Crippen LogP contribution in [0.1, 0.15) is 25.7 Å². The molecule has 0 radical (unpaired) electrons. The smallest absolute Gasteiger partial charge is 0.221 e. The molecule has 2 aliphatic rings. The molecule has 2 atom stereocenters. The summed E-state index contributed by atoms with van der Waals surface area (Å²) in [6.07, 6.45) is 3.93. The predicted molar refractivity (Wildman–Crippen MR) is 70.3 cm³/mol. The topological polar surface area (TPSA) is 50.4 Å².